The van der Waals surface area contributed by atoms with Crippen molar-refractivity contribution in [2.75, 3.05) is 5.32 Å². The molecule has 0 radical (unpaired) electrons. The fraction of sp³-hybridized carbons (Fsp3) is 0. The number of carbonyl (C=O) groups excluding carboxylic acids is 2. The van der Waals surface area contributed by atoms with E-state index in [-0.39, 0.29) is 10.6 Å². The van der Waals surface area contributed by atoms with Crippen LogP contribution in [0.5, 0.6) is 0 Å². The lowest BCUT2D eigenvalue weighted by Crippen LogP contribution is -2.32. The van der Waals surface area contributed by atoms with E-state index in [4.69, 9.17) is 11.6 Å². The van der Waals surface area contributed by atoms with Gasteiger partial charge in [-0.3, -0.25) is 9.59 Å². The lowest BCUT2D eigenvalue weighted by Gasteiger charge is -2.04. The van der Waals surface area contributed by atoms with Crippen LogP contribution in [0.1, 0.15) is 5.56 Å². The molecule has 2 N–H and O–H groups in total. The van der Waals surface area contributed by atoms with Crippen molar-refractivity contribution in [3.8, 4) is 0 Å². The van der Waals surface area contributed by atoms with E-state index in [1.807, 2.05) is 5.43 Å². The van der Waals surface area contributed by atoms with Crippen molar-refractivity contribution in [3.63, 3.8) is 0 Å². The molecule has 0 aliphatic carbocycles. The third kappa shape index (κ3) is 4.87. The maximum absolute atomic E-state index is 13.5. The number of hydrazone groups is 1. The summed E-state index contributed by atoms with van der Waals surface area (Å²) in [5, 5.41) is 6.06. The minimum Gasteiger partial charge on any atom is -0.318 e. The normalized spacial score (nSPS) is 10.6. The number of benzene rings is 2. The number of halogens is 3. The van der Waals surface area contributed by atoms with Gasteiger partial charge in [0.05, 0.1) is 11.2 Å². The van der Waals surface area contributed by atoms with Crippen molar-refractivity contribution in [3.05, 3.63) is 63.3 Å². The van der Waals surface area contributed by atoms with Crippen LogP contribution >= 0.6 is 27.5 Å². The molecule has 2 aromatic rings. The Hall–Kier alpha value is -2.25. The summed E-state index contributed by atoms with van der Waals surface area (Å²) in [6.07, 6.45) is 1.03. The molecule has 0 aliphatic rings. The molecular formula is C15H10BrClFN3O2. The van der Waals surface area contributed by atoms with Crippen molar-refractivity contribution in [2.24, 2.45) is 5.10 Å². The van der Waals surface area contributed by atoms with Gasteiger partial charge in [0.1, 0.15) is 5.82 Å². The Bertz CT molecular complexity index is 746. The first-order chi connectivity index (χ1) is 11.0. The Morgan fingerprint density at radius 1 is 1.13 bits per heavy atom. The highest BCUT2D eigenvalue weighted by Crippen LogP contribution is 2.16. The van der Waals surface area contributed by atoms with Crippen LogP contribution in [0.3, 0.4) is 0 Å². The fourth-order valence-electron chi connectivity index (χ4n) is 1.56. The van der Waals surface area contributed by atoms with Gasteiger partial charge >= 0.3 is 11.8 Å². The largest absolute Gasteiger partial charge is 0.329 e. The first-order valence-electron chi connectivity index (χ1n) is 6.31. The molecular weight excluding hydrogens is 389 g/mol. The summed E-state index contributed by atoms with van der Waals surface area (Å²) >= 11 is 9.06. The van der Waals surface area contributed by atoms with Gasteiger partial charge in [-0.25, -0.2) is 9.82 Å². The van der Waals surface area contributed by atoms with Crippen LogP contribution in [0.15, 0.2) is 52.0 Å². The minimum absolute atomic E-state index is 0.0165. The van der Waals surface area contributed by atoms with Gasteiger partial charge in [0.2, 0.25) is 0 Å². The summed E-state index contributed by atoms with van der Waals surface area (Å²) in [4.78, 5) is 23.3. The number of amides is 2. The molecule has 0 heterocycles. The van der Waals surface area contributed by atoms with Crippen molar-refractivity contribution < 1.29 is 14.0 Å². The predicted octanol–water partition coefficient (Wildman–Crippen LogP) is 3.33. The van der Waals surface area contributed by atoms with Crippen molar-refractivity contribution in [1.29, 1.82) is 0 Å². The summed E-state index contributed by atoms with van der Waals surface area (Å²) in [5.41, 5.74) is 2.47. The Morgan fingerprint density at radius 3 is 2.48 bits per heavy atom. The zero-order valence-corrected chi connectivity index (χ0v) is 13.9. The van der Waals surface area contributed by atoms with Gasteiger partial charge < -0.3 is 5.32 Å². The second kappa shape index (κ2) is 7.85. The highest BCUT2D eigenvalue weighted by molar-refractivity contribution is 9.10. The SMILES string of the molecule is O=C(N/N=C/c1c(F)cccc1Cl)C(=O)Nc1ccc(Br)cc1. The van der Waals surface area contributed by atoms with Gasteiger partial charge in [-0.2, -0.15) is 5.10 Å². The number of hydrogen-bond donors (Lipinski definition) is 2. The van der Waals surface area contributed by atoms with Crippen LogP contribution in [0.4, 0.5) is 10.1 Å². The maximum atomic E-state index is 13.5. The summed E-state index contributed by atoms with van der Waals surface area (Å²) in [7, 11) is 0. The molecule has 0 fully saturated rings. The minimum atomic E-state index is -0.989. The monoisotopic (exact) mass is 397 g/mol. The smallest absolute Gasteiger partial charge is 0.318 e. The lowest BCUT2D eigenvalue weighted by atomic mass is 10.2. The number of carbonyl (C=O) groups is 2. The summed E-state index contributed by atoms with van der Waals surface area (Å²) in [5.74, 6) is -2.48. The average molecular weight is 399 g/mol. The Morgan fingerprint density at radius 2 is 1.83 bits per heavy atom. The van der Waals surface area contributed by atoms with E-state index in [2.05, 4.69) is 26.3 Å². The number of hydrogen-bond acceptors (Lipinski definition) is 3. The van der Waals surface area contributed by atoms with Gasteiger partial charge in [-0.05, 0) is 36.4 Å². The molecule has 0 bridgehead atoms. The lowest BCUT2D eigenvalue weighted by molar-refractivity contribution is -0.136. The summed E-state index contributed by atoms with van der Waals surface area (Å²) in [6, 6.07) is 10.8. The van der Waals surface area contributed by atoms with E-state index >= 15 is 0 Å². The Labute approximate surface area is 144 Å². The molecule has 8 heteroatoms. The third-order valence-electron chi connectivity index (χ3n) is 2.67. The molecule has 118 valence electrons. The Balaban J connectivity index is 1.95. The predicted molar refractivity (Wildman–Crippen MR) is 89.9 cm³/mol. The zero-order valence-electron chi connectivity index (χ0n) is 11.5. The van der Waals surface area contributed by atoms with E-state index in [9.17, 15) is 14.0 Å². The van der Waals surface area contributed by atoms with Crippen LogP contribution in [0.2, 0.25) is 5.02 Å². The van der Waals surface area contributed by atoms with Crippen LogP contribution in [0.25, 0.3) is 0 Å². The maximum Gasteiger partial charge on any atom is 0.329 e. The molecule has 2 aromatic carbocycles. The standard InChI is InChI=1S/C15H10BrClFN3O2/c16-9-4-6-10(7-5-9)20-14(22)15(23)21-19-8-11-12(17)2-1-3-13(11)18/h1-8H,(H,20,22)(H,21,23)/b19-8+. The molecule has 0 saturated carbocycles. The highest BCUT2D eigenvalue weighted by atomic mass is 79.9. The summed E-state index contributed by atoms with van der Waals surface area (Å²) in [6.45, 7) is 0. The molecule has 0 atom stereocenters. The van der Waals surface area contributed by atoms with E-state index in [0.29, 0.717) is 5.69 Å². The van der Waals surface area contributed by atoms with Crippen LogP contribution < -0.4 is 10.7 Å². The molecule has 2 amide bonds. The van der Waals surface area contributed by atoms with Gasteiger partial charge in [0.25, 0.3) is 0 Å². The third-order valence-corrected chi connectivity index (χ3v) is 3.53. The van der Waals surface area contributed by atoms with Gasteiger partial charge in [0.15, 0.2) is 0 Å². The van der Waals surface area contributed by atoms with E-state index in [1.165, 1.54) is 18.2 Å². The molecule has 0 saturated heterocycles. The first kappa shape index (κ1) is 17.1. The highest BCUT2D eigenvalue weighted by Gasteiger charge is 2.13. The molecule has 0 aromatic heterocycles. The van der Waals surface area contributed by atoms with E-state index in [1.54, 1.807) is 24.3 Å². The molecule has 0 spiro atoms. The number of nitrogens with zero attached hydrogens (tertiary/aromatic N) is 1. The zero-order chi connectivity index (χ0) is 16.8. The average Bonchev–Trinajstić information content (AvgIpc) is 2.52. The van der Waals surface area contributed by atoms with Gasteiger partial charge in [0, 0.05) is 15.7 Å². The molecule has 23 heavy (non-hydrogen) atoms. The van der Waals surface area contributed by atoms with E-state index in [0.717, 1.165) is 10.7 Å². The first-order valence-corrected chi connectivity index (χ1v) is 7.48. The number of anilines is 1. The number of nitrogens with one attached hydrogen (secondary N) is 2. The van der Waals surface area contributed by atoms with E-state index < -0.39 is 17.6 Å². The Kier molecular flexibility index (Phi) is 5.84. The topological polar surface area (TPSA) is 70.6 Å². The molecule has 5 nitrogen and oxygen atoms in total. The van der Waals surface area contributed by atoms with Crippen molar-refractivity contribution >= 4 is 51.2 Å². The molecule has 2 rings (SSSR count). The van der Waals surface area contributed by atoms with Crippen molar-refractivity contribution in [2.45, 2.75) is 0 Å². The quantitative estimate of drug-likeness (QED) is 0.473. The van der Waals surface area contributed by atoms with Crippen LogP contribution in [0, 0.1) is 5.82 Å². The molecule has 0 unspecified atom stereocenters. The second-order valence-corrected chi connectivity index (χ2v) is 5.62. The number of rotatable bonds is 3. The van der Waals surface area contributed by atoms with Crippen molar-refractivity contribution in [1.82, 2.24) is 5.43 Å². The fourth-order valence-corrected chi connectivity index (χ4v) is 2.04. The van der Waals surface area contributed by atoms with Crippen LogP contribution in [-0.4, -0.2) is 18.0 Å². The summed E-state index contributed by atoms with van der Waals surface area (Å²) < 4.78 is 14.3. The van der Waals surface area contributed by atoms with Crippen LogP contribution in [-0.2, 0) is 9.59 Å². The second-order valence-electron chi connectivity index (χ2n) is 4.30. The van der Waals surface area contributed by atoms with Gasteiger partial charge in [-0.15, -0.1) is 0 Å². The molecule has 0 aliphatic heterocycles. The van der Waals surface area contributed by atoms with Gasteiger partial charge in [-0.1, -0.05) is 33.6 Å².